The van der Waals surface area contributed by atoms with Crippen molar-refractivity contribution in [1.29, 1.82) is 0 Å². The predicted molar refractivity (Wildman–Crippen MR) is 101 cm³/mol. The number of hydrogen-bond donors (Lipinski definition) is 1. The topological polar surface area (TPSA) is 66.5 Å². The van der Waals surface area contributed by atoms with Gasteiger partial charge in [0, 0.05) is 17.6 Å². The van der Waals surface area contributed by atoms with Crippen LogP contribution < -0.4 is 5.32 Å². The van der Waals surface area contributed by atoms with Crippen LogP contribution >= 0.6 is 23.2 Å². The first-order valence-electron chi connectivity index (χ1n) is 7.76. The summed E-state index contributed by atoms with van der Waals surface area (Å²) in [5.41, 5.74) is 1.88. The van der Waals surface area contributed by atoms with Gasteiger partial charge in [-0.05, 0) is 29.3 Å². The summed E-state index contributed by atoms with van der Waals surface area (Å²) in [5, 5.41) is 2.98. The number of carbonyl (C=O) groups is 3. The van der Waals surface area contributed by atoms with Crippen molar-refractivity contribution < 1.29 is 14.4 Å². The van der Waals surface area contributed by atoms with Gasteiger partial charge >= 0.3 is 0 Å². The third kappa shape index (κ3) is 3.49. The molecule has 0 fully saturated rings. The molecule has 1 heterocycles. The fourth-order valence-electron chi connectivity index (χ4n) is 2.66. The normalized spacial score (nSPS) is 14.2. The van der Waals surface area contributed by atoms with Crippen LogP contribution in [0.3, 0.4) is 0 Å². The molecular weight excluding hydrogens is 375 g/mol. The van der Waals surface area contributed by atoms with Gasteiger partial charge in [0.25, 0.3) is 11.8 Å². The lowest BCUT2D eigenvalue weighted by atomic mass is 10.1. The molecule has 1 aliphatic heterocycles. The van der Waals surface area contributed by atoms with Gasteiger partial charge < -0.3 is 5.32 Å². The maximum absolute atomic E-state index is 12.8. The van der Waals surface area contributed by atoms with Crippen LogP contribution in [0.2, 0.25) is 5.02 Å². The molecule has 1 aliphatic rings. The molecule has 0 bridgehead atoms. The monoisotopic (exact) mass is 388 g/mol. The molecule has 7 heteroatoms. The van der Waals surface area contributed by atoms with Gasteiger partial charge in [-0.1, -0.05) is 53.5 Å². The summed E-state index contributed by atoms with van der Waals surface area (Å²) in [4.78, 5) is 37.4. The lowest BCUT2D eigenvalue weighted by molar-refractivity contribution is -0.137. The molecular formula is C19H14Cl2N2O3. The third-order valence-corrected chi connectivity index (χ3v) is 4.61. The minimum absolute atomic E-state index is 0.0427. The Morgan fingerprint density at radius 3 is 2.27 bits per heavy atom. The average Bonchev–Trinajstić information content (AvgIpc) is 2.81. The van der Waals surface area contributed by atoms with E-state index in [1.807, 2.05) is 0 Å². The molecule has 0 unspecified atom stereocenters. The second-order valence-electron chi connectivity index (χ2n) is 5.74. The Balaban J connectivity index is 1.87. The van der Waals surface area contributed by atoms with Crippen molar-refractivity contribution in [2.24, 2.45) is 0 Å². The number of hydrogen-bond acceptors (Lipinski definition) is 3. The first kappa shape index (κ1) is 18.2. The van der Waals surface area contributed by atoms with Crippen LogP contribution in [-0.4, -0.2) is 22.6 Å². The Labute approximate surface area is 160 Å². The fourth-order valence-corrected chi connectivity index (χ4v) is 3.15. The smallest absolute Gasteiger partial charge is 0.273 e. The van der Waals surface area contributed by atoms with E-state index in [4.69, 9.17) is 23.2 Å². The molecule has 2 aromatic carbocycles. The maximum atomic E-state index is 12.8. The zero-order chi connectivity index (χ0) is 18.8. The number of halogens is 2. The number of imide groups is 1. The Hall–Kier alpha value is -2.63. The second-order valence-corrected chi connectivity index (χ2v) is 6.52. The van der Waals surface area contributed by atoms with Gasteiger partial charge in [-0.2, -0.15) is 0 Å². The predicted octanol–water partition coefficient (Wildman–Crippen LogP) is 3.82. The van der Waals surface area contributed by atoms with Crippen LogP contribution in [-0.2, 0) is 20.9 Å². The van der Waals surface area contributed by atoms with Crippen molar-refractivity contribution in [2.45, 2.75) is 13.5 Å². The molecule has 0 saturated heterocycles. The van der Waals surface area contributed by atoms with Crippen LogP contribution in [0.25, 0.3) is 5.57 Å². The minimum atomic E-state index is -0.558. The first-order chi connectivity index (χ1) is 12.4. The van der Waals surface area contributed by atoms with E-state index >= 15 is 0 Å². The zero-order valence-corrected chi connectivity index (χ0v) is 15.3. The molecule has 0 atom stereocenters. The molecule has 1 N–H and O–H groups in total. The fraction of sp³-hybridized carbons (Fsp3) is 0.105. The van der Waals surface area contributed by atoms with Crippen LogP contribution in [0, 0.1) is 0 Å². The molecule has 132 valence electrons. The molecule has 5 nitrogen and oxygen atoms in total. The SMILES string of the molecule is CC(=O)Nc1ccc(C2=C(Cl)C(=O)N(Cc3ccccc3Cl)C2=O)cc1. The highest BCUT2D eigenvalue weighted by molar-refractivity contribution is 6.55. The first-order valence-corrected chi connectivity index (χ1v) is 8.51. The number of benzene rings is 2. The van der Waals surface area contributed by atoms with Crippen molar-refractivity contribution >= 4 is 52.2 Å². The molecule has 0 aromatic heterocycles. The van der Waals surface area contributed by atoms with Crippen molar-refractivity contribution in [3.63, 3.8) is 0 Å². The number of rotatable bonds is 4. The Kier molecular flexibility index (Phi) is 5.11. The Morgan fingerprint density at radius 2 is 1.65 bits per heavy atom. The summed E-state index contributed by atoms with van der Waals surface area (Å²) in [5.74, 6) is -1.24. The summed E-state index contributed by atoms with van der Waals surface area (Å²) in [6, 6.07) is 13.5. The van der Waals surface area contributed by atoms with E-state index in [9.17, 15) is 14.4 Å². The molecule has 0 saturated carbocycles. The van der Waals surface area contributed by atoms with Gasteiger partial charge in [0.2, 0.25) is 5.91 Å². The van der Waals surface area contributed by atoms with Crippen LogP contribution in [0.1, 0.15) is 18.1 Å². The van der Waals surface area contributed by atoms with Crippen molar-refractivity contribution in [3.8, 4) is 0 Å². The summed E-state index contributed by atoms with van der Waals surface area (Å²) < 4.78 is 0. The van der Waals surface area contributed by atoms with E-state index in [0.29, 0.717) is 21.8 Å². The summed E-state index contributed by atoms with van der Waals surface area (Å²) in [6.07, 6.45) is 0. The van der Waals surface area contributed by atoms with Crippen molar-refractivity contribution in [1.82, 2.24) is 4.90 Å². The molecule has 3 rings (SSSR count). The third-order valence-electron chi connectivity index (χ3n) is 3.89. The Bertz CT molecular complexity index is 936. The Morgan fingerprint density at radius 1 is 1.00 bits per heavy atom. The van der Waals surface area contributed by atoms with E-state index in [1.54, 1.807) is 48.5 Å². The van der Waals surface area contributed by atoms with Crippen LogP contribution in [0.4, 0.5) is 5.69 Å². The molecule has 2 aromatic rings. The highest BCUT2D eigenvalue weighted by Crippen LogP contribution is 2.33. The average molecular weight is 389 g/mol. The quantitative estimate of drug-likeness (QED) is 0.809. The molecule has 0 spiro atoms. The standard InChI is InChI=1S/C19H14Cl2N2O3/c1-11(24)22-14-8-6-12(7-9-14)16-17(21)19(26)23(18(16)25)10-13-4-2-3-5-15(13)20/h2-9H,10H2,1H3,(H,22,24). The van der Waals surface area contributed by atoms with Gasteiger partial charge in [-0.15, -0.1) is 0 Å². The molecule has 26 heavy (non-hydrogen) atoms. The maximum Gasteiger partial charge on any atom is 0.273 e. The van der Waals surface area contributed by atoms with Crippen molar-refractivity contribution in [2.75, 3.05) is 5.32 Å². The lowest BCUT2D eigenvalue weighted by Crippen LogP contribution is -2.30. The lowest BCUT2D eigenvalue weighted by Gasteiger charge is -2.15. The van der Waals surface area contributed by atoms with E-state index in [2.05, 4.69) is 5.32 Å². The summed E-state index contributed by atoms with van der Waals surface area (Å²) >= 11 is 12.3. The molecule has 0 aliphatic carbocycles. The highest BCUT2D eigenvalue weighted by Gasteiger charge is 2.38. The second kappa shape index (κ2) is 7.32. The van der Waals surface area contributed by atoms with Gasteiger partial charge in [0.05, 0.1) is 12.1 Å². The number of anilines is 1. The summed E-state index contributed by atoms with van der Waals surface area (Å²) in [7, 11) is 0. The van der Waals surface area contributed by atoms with E-state index in [0.717, 1.165) is 4.90 Å². The van der Waals surface area contributed by atoms with E-state index in [-0.39, 0.29) is 23.1 Å². The summed E-state index contributed by atoms with van der Waals surface area (Å²) in [6.45, 7) is 1.44. The van der Waals surface area contributed by atoms with Crippen LogP contribution in [0.5, 0.6) is 0 Å². The van der Waals surface area contributed by atoms with Crippen LogP contribution in [0.15, 0.2) is 53.6 Å². The number of carbonyl (C=O) groups excluding carboxylic acids is 3. The van der Waals surface area contributed by atoms with Crippen molar-refractivity contribution in [3.05, 3.63) is 69.7 Å². The van der Waals surface area contributed by atoms with Gasteiger partial charge in [-0.25, -0.2) is 0 Å². The number of nitrogens with one attached hydrogen (secondary N) is 1. The molecule has 0 radical (unpaired) electrons. The van der Waals surface area contributed by atoms with E-state index < -0.39 is 11.8 Å². The van der Waals surface area contributed by atoms with Gasteiger partial charge in [0.15, 0.2) is 0 Å². The van der Waals surface area contributed by atoms with E-state index in [1.165, 1.54) is 6.92 Å². The zero-order valence-electron chi connectivity index (χ0n) is 13.8. The molecule has 3 amide bonds. The van der Waals surface area contributed by atoms with Gasteiger partial charge in [0.1, 0.15) is 5.03 Å². The largest absolute Gasteiger partial charge is 0.326 e. The van der Waals surface area contributed by atoms with Gasteiger partial charge in [-0.3, -0.25) is 19.3 Å². The number of amides is 3. The minimum Gasteiger partial charge on any atom is -0.326 e. The highest BCUT2D eigenvalue weighted by atomic mass is 35.5. The number of nitrogens with zero attached hydrogens (tertiary/aromatic N) is 1.